The van der Waals surface area contributed by atoms with Gasteiger partial charge in [-0.25, -0.2) is 0 Å². The lowest BCUT2D eigenvalue weighted by Gasteiger charge is -2.22. The van der Waals surface area contributed by atoms with Crippen molar-refractivity contribution in [3.05, 3.63) is 89.9 Å². The minimum atomic E-state index is 0.0523. The summed E-state index contributed by atoms with van der Waals surface area (Å²) in [7, 11) is 0. The van der Waals surface area contributed by atoms with Gasteiger partial charge in [-0.15, -0.1) is 0 Å². The first-order chi connectivity index (χ1) is 11.2. The van der Waals surface area contributed by atoms with Gasteiger partial charge < -0.3 is 9.32 Å². The predicted molar refractivity (Wildman–Crippen MR) is 91.2 cm³/mol. The third-order valence-corrected chi connectivity index (χ3v) is 3.74. The molecule has 1 heterocycles. The summed E-state index contributed by atoms with van der Waals surface area (Å²) < 4.78 is 5.42. The Balaban J connectivity index is 1.84. The highest BCUT2D eigenvalue weighted by Gasteiger charge is 2.17. The van der Waals surface area contributed by atoms with E-state index in [-0.39, 0.29) is 5.91 Å². The van der Waals surface area contributed by atoms with E-state index in [1.807, 2.05) is 73.7 Å². The van der Waals surface area contributed by atoms with Gasteiger partial charge in [-0.1, -0.05) is 48.0 Å². The minimum absolute atomic E-state index is 0.0523. The third-order valence-electron chi connectivity index (χ3n) is 3.74. The fourth-order valence-corrected chi connectivity index (χ4v) is 2.47. The Morgan fingerprint density at radius 2 is 1.70 bits per heavy atom. The summed E-state index contributed by atoms with van der Waals surface area (Å²) in [4.78, 5) is 14.6. The van der Waals surface area contributed by atoms with E-state index < -0.39 is 0 Å². The lowest BCUT2D eigenvalue weighted by atomic mass is 10.1. The molecule has 3 heteroatoms. The van der Waals surface area contributed by atoms with Crippen LogP contribution in [0.2, 0.25) is 0 Å². The van der Waals surface area contributed by atoms with Crippen molar-refractivity contribution in [1.82, 2.24) is 0 Å². The number of carbonyl (C=O) groups excluding carboxylic acids is 1. The normalized spacial score (nSPS) is 10.5. The summed E-state index contributed by atoms with van der Waals surface area (Å²) >= 11 is 0. The number of amides is 1. The van der Waals surface area contributed by atoms with Crippen LogP contribution >= 0.6 is 0 Å². The maximum atomic E-state index is 12.8. The number of benzene rings is 2. The van der Waals surface area contributed by atoms with Crippen LogP contribution in [0.1, 0.15) is 16.9 Å². The average Bonchev–Trinajstić information content (AvgIpc) is 3.08. The van der Waals surface area contributed by atoms with Crippen LogP contribution in [0.15, 0.2) is 77.4 Å². The molecule has 0 N–H and O–H groups in total. The molecule has 0 bridgehead atoms. The van der Waals surface area contributed by atoms with Crippen LogP contribution in [0.3, 0.4) is 0 Å². The van der Waals surface area contributed by atoms with Gasteiger partial charge in [0.05, 0.1) is 19.2 Å². The molecule has 2 aromatic carbocycles. The Bertz CT molecular complexity index is 746. The number of hydrogen-bond acceptors (Lipinski definition) is 2. The van der Waals surface area contributed by atoms with Gasteiger partial charge in [0.2, 0.25) is 5.91 Å². The van der Waals surface area contributed by atoms with Crippen LogP contribution in [0.25, 0.3) is 0 Å². The van der Waals surface area contributed by atoms with Crippen LogP contribution in [-0.2, 0) is 17.8 Å². The first-order valence-corrected chi connectivity index (χ1v) is 7.66. The second-order valence-electron chi connectivity index (χ2n) is 5.56. The van der Waals surface area contributed by atoms with Crippen molar-refractivity contribution in [3.8, 4) is 0 Å². The summed E-state index contributed by atoms with van der Waals surface area (Å²) in [6.45, 7) is 2.47. The molecule has 0 radical (unpaired) electrons. The van der Waals surface area contributed by atoms with Crippen LogP contribution in [-0.4, -0.2) is 5.91 Å². The molecule has 3 rings (SSSR count). The van der Waals surface area contributed by atoms with E-state index in [2.05, 4.69) is 0 Å². The highest BCUT2D eigenvalue weighted by Crippen LogP contribution is 2.20. The van der Waals surface area contributed by atoms with Gasteiger partial charge >= 0.3 is 0 Å². The van der Waals surface area contributed by atoms with Crippen molar-refractivity contribution >= 4 is 11.6 Å². The van der Waals surface area contributed by atoms with E-state index in [9.17, 15) is 4.79 Å². The molecule has 0 saturated carbocycles. The fraction of sp³-hybridized carbons (Fsp3) is 0.150. The Hall–Kier alpha value is -2.81. The van der Waals surface area contributed by atoms with E-state index >= 15 is 0 Å². The smallest absolute Gasteiger partial charge is 0.231 e. The molecular formula is C20H19NO2. The molecule has 0 saturated heterocycles. The van der Waals surface area contributed by atoms with E-state index in [0.717, 1.165) is 17.0 Å². The molecule has 0 aliphatic rings. The summed E-state index contributed by atoms with van der Waals surface area (Å²) in [5, 5.41) is 0. The molecule has 1 amide bonds. The molecule has 3 aromatic rings. The molecule has 0 unspecified atom stereocenters. The number of furan rings is 1. The second kappa shape index (κ2) is 6.97. The Kier molecular flexibility index (Phi) is 4.57. The highest BCUT2D eigenvalue weighted by molar-refractivity contribution is 5.94. The summed E-state index contributed by atoms with van der Waals surface area (Å²) in [5.74, 6) is 0.823. The average molecular weight is 305 g/mol. The van der Waals surface area contributed by atoms with Crippen LogP contribution in [0, 0.1) is 6.92 Å². The summed E-state index contributed by atoms with van der Waals surface area (Å²) in [5.41, 5.74) is 3.06. The molecule has 0 spiro atoms. The molecule has 0 atom stereocenters. The molecule has 0 fully saturated rings. The third kappa shape index (κ3) is 3.89. The lowest BCUT2D eigenvalue weighted by Crippen LogP contribution is -2.31. The largest absolute Gasteiger partial charge is 0.467 e. The minimum Gasteiger partial charge on any atom is -0.467 e. The van der Waals surface area contributed by atoms with Crippen molar-refractivity contribution in [2.24, 2.45) is 0 Å². The van der Waals surface area contributed by atoms with E-state index in [1.165, 1.54) is 5.56 Å². The molecule has 0 aliphatic carbocycles. The molecule has 116 valence electrons. The zero-order valence-corrected chi connectivity index (χ0v) is 13.1. The van der Waals surface area contributed by atoms with Crippen molar-refractivity contribution in [1.29, 1.82) is 0 Å². The molecule has 3 nitrogen and oxygen atoms in total. The zero-order valence-electron chi connectivity index (χ0n) is 13.1. The van der Waals surface area contributed by atoms with E-state index in [4.69, 9.17) is 4.42 Å². The SMILES string of the molecule is Cc1ccc(N(Cc2ccco2)C(=O)Cc2ccccc2)cc1. The van der Waals surface area contributed by atoms with Gasteiger partial charge in [0.15, 0.2) is 0 Å². The Morgan fingerprint density at radius 3 is 2.35 bits per heavy atom. The lowest BCUT2D eigenvalue weighted by molar-refractivity contribution is -0.118. The molecule has 0 aliphatic heterocycles. The number of anilines is 1. The van der Waals surface area contributed by atoms with Gasteiger partial charge in [0, 0.05) is 5.69 Å². The Morgan fingerprint density at radius 1 is 0.957 bits per heavy atom. The quantitative estimate of drug-likeness (QED) is 0.701. The number of nitrogens with zero attached hydrogens (tertiary/aromatic N) is 1. The van der Waals surface area contributed by atoms with E-state index in [0.29, 0.717) is 13.0 Å². The summed E-state index contributed by atoms with van der Waals surface area (Å²) in [6.07, 6.45) is 2.00. The Labute approximate surface area is 136 Å². The van der Waals surface area contributed by atoms with Crippen molar-refractivity contribution in [2.75, 3.05) is 4.90 Å². The zero-order chi connectivity index (χ0) is 16.1. The number of rotatable bonds is 5. The second-order valence-corrected chi connectivity index (χ2v) is 5.56. The standard InChI is InChI=1S/C20H19NO2/c1-16-9-11-18(12-10-16)21(15-19-8-5-13-23-19)20(22)14-17-6-3-2-4-7-17/h2-13H,14-15H2,1H3. The van der Waals surface area contributed by atoms with Gasteiger partial charge in [-0.2, -0.15) is 0 Å². The van der Waals surface area contributed by atoms with E-state index in [1.54, 1.807) is 11.2 Å². The van der Waals surface area contributed by atoms with Gasteiger partial charge in [-0.3, -0.25) is 4.79 Å². The number of aryl methyl sites for hydroxylation is 1. The molecule has 23 heavy (non-hydrogen) atoms. The summed E-state index contributed by atoms with van der Waals surface area (Å²) in [6, 6.07) is 21.5. The fourth-order valence-electron chi connectivity index (χ4n) is 2.47. The van der Waals surface area contributed by atoms with Crippen LogP contribution in [0.5, 0.6) is 0 Å². The van der Waals surface area contributed by atoms with Gasteiger partial charge in [0.25, 0.3) is 0 Å². The molecule has 1 aromatic heterocycles. The maximum absolute atomic E-state index is 12.8. The maximum Gasteiger partial charge on any atom is 0.231 e. The number of hydrogen-bond donors (Lipinski definition) is 0. The van der Waals surface area contributed by atoms with Gasteiger partial charge in [-0.05, 0) is 36.8 Å². The highest BCUT2D eigenvalue weighted by atomic mass is 16.3. The topological polar surface area (TPSA) is 33.5 Å². The first kappa shape index (κ1) is 15.1. The van der Waals surface area contributed by atoms with Crippen LogP contribution in [0.4, 0.5) is 5.69 Å². The van der Waals surface area contributed by atoms with Crippen molar-refractivity contribution < 1.29 is 9.21 Å². The number of carbonyl (C=O) groups is 1. The van der Waals surface area contributed by atoms with Gasteiger partial charge in [0.1, 0.15) is 5.76 Å². The first-order valence-electron chi connectivity index (χ1n) is 7.66. The molecular weight excluding hydrogens is 286 g/mol. The van der Waals surface area contributed by atoms with Crippen molar-refractivity contribution in [3.63, 3.8) is 0 Å². The predicted octanol–water partition coefficient (Wildman–Crippen LogP) is 4.36. The monoisotopic (exact) mass is 305 g/mol. The van der Waals surface area contributed by atoms with Crippen molar-refractivity contribution in [2.45, 2.75) is 19.9 Å². The van der Waals surface area contributed by atoms with Crippen LogP contribution < -0.4 is 4.90 Å².